The number of amides is 1. The minimum absolute atomic E-state index is 0.192. The Labute approximate surface area is 104 Å². The van der Waals surface area contributed by atoms with Crippen molar-refractivity contribution in [2.75, 3.05) is 32.7 Å². The first-order valence-corrected chi connectivity index (χ1v) is 5.65. The number of hydrogen-bond acceptors (Lipinski definition) is 5. The van der Waals surface area contributed by atoms with E-state index in [4.69, 9.17) is 5.26 Å². The molecule has 1 N–H and O–H groups in total. The minimum Gasteiger partial charge on any atom is -0.335 e. The zero-order chi connectivity index (χ0) is 13.0. The number of piperazine rings is 1. The normalized spacial score (nSPS) is 16.3. The summed E-state index contributed by atoms with van der Waals surface area (Å²) < 4.78 is 0. The van der Waals surface area contributed by atoms with Crippen molar-refractivity contribution in [3.8, 4) is 6.07 Å². The molecule has 0 spiro atoms. The van der Waals surface area contributed by atoms with E-state index in [-0.39, 0.29) is 17.2 Å². The first-order valence-electron chi connectivity index (χ1n) is 5.65. The number of rotatable bonds is 2. The maximum absolute atomic E-state index is 12.0. The number of nitriles is 1. The molecular weight excluding hydrogens is 234 g/mol. The molecule has 1 aliphatic heterocycles. The van der Waals surface area contributed by atoms with E-state index >= 15 is 0 Å². The molecule has 1 aliphatic rings. The maximum atomic E-state index is 12.0. The van der Waals surface area contributed by atoms with Gasteiger partial charge in [0.15, 0.2) is 0 Å². The number of nitrogens with zero attached hydrogens (tertiary/aromatic N) is 4. The lowest BCUT2D eigenvalue weighted by Gasteiger charge is -2.33. The van der Waals surface area contributed by atoms with Gasteiger partial charge in [-0.05, 0) is 6.07 Å². The summed E-state index contributed by atoms with van der Waals surface area (Å²) in [7, 11) is 0. The third-order valence-electron chi connectivity index (χ3n) is 2.85. The Hall–Kier alpha value is -2.20. The second kappa shape index (κ2) is 5.42. The van der Waals surface area contributed by atoms with Crippen LogP contribution in [0.2, 0.25) is 0 Å². The smallest absolute Gasteiger partial charge is 0.274 e. The molecule has 2 rings (SSSR count). The van der Waals surface area contributed by atoms with Crippen molar-refractivity contribution in [3.63, 3.8) is 0 Å². The number of hydrogen-bond donors (Lipinski definition) is 1. The molecule has 0 saturated carbocycles. The van der Waals surface area contributed by atoms with Crippen LogP contribution in [0.25, 0.3) is 0 Å². The van der Waals surface area contributed by atoms with Crippen LogP contribution in [0.15, 0.2) is 16.9 Å². The fourth-order valence-corrected chi connectivity index (χ4v) is 1.83. The van der Waals surface area contributed by atoms with Crippen LogP contribution in [0.1, 0.15) is 10.5 Å². The van der Waals surface area contributed by atoms with Crippen molar-refractivity contribution < 1.29 is 4.79 Å². The van der Waals surface area contributed by atoms with Crippen LogP contribution in [0.3, 0.4) is 0 Å². The molecular formula is C11H13N5O2. The van der Waals surface area contributed by atoms with E-state index in [0.717, 1.165) is 0 Å². The summed E-state index contributed by atoms with van der Waals surface area (Å²) in [5, 5.41) is 14.5. The number of aromatic amines is 1. The lowest BCUT2D eigenvalue weighted by Crippen LogP contribution is -2.48. The zero-order valence-electron chi connectivity index (χ0n) is 9.80. The van der Waals surface area contributed by atoms with E-state index in [1.54, 1.807) is 4.90 Å². The zero-order valence-corrected chi connectivity index (χ0v) is 9.80. The molecule has 7 heteroatoms. The van der Waals surface area contributed by atoms with Gasteiger partial charge in [-0.3, -0.25) is 14.5 Å². The summed E-state index contributed by atoms with van der Waals surface area (Å²) in [5.74, 6) is -0.192. The monoisotopic (exact) mass is 247 g/mol. The number of aromatic nitrogens is 2. The Balaban J connectivity index is 1.97. The molecule has 1 saturated heterocycles. The third kappa shape index (κ3) is 2.73. The lowest BCUT2D eigenvalue weighted by molar-refractivity contribution is 0.0644. The Bertz CT molecular complexity index is 504. The van der Waals surface area contributed by atoms with Crippen LogP contribution in [0, 0.1) is 11.3 Å². The highest BCUT2D eigenvalue weighted by Gasteiger charge is 2.22. The highest BCUT2D eigenvalue weighted by molar-refractivity contribution is 5.92. The van der Waals surface area contributed by atoms with E-state index < -0.39 is 0 Å². The second-order valence-corrected chi connectivity index (χ2v) is 4.03. The van der Waals surface area contributed by atoms with Crippen LogP contribution >= 0.6 is 0 Å². The van der Waals surface area contributed by atoms with Gasteiger partial charge in [0.2, 0.25) is 0 Å². The van der Waals surface area contributed by atoms with Crippen molar-refractivity contribution in [3.05, 3.63) is 28.2 Å². The predicted molar refractivity (Wildman–Crippen MR) is 62.8 cm³/mol. The molecule has 2 heterocycles. The molecule has 18 heavy (non-hydrogen) atoms. The Morgan fingerprint density at radius 2 is 2.11 bits per heavy atom. The van der Waals surface area contributed by atoms with Crippen molar-refractivity contribution in [2.45, 2.75) is 0 Å². The van der Waals surface area contributed by atoms with Gasteiger partial charge in [-0.15, -0.1) is 0 Å². The van der Waals surface area contributed by atoms with Gasteiger partial charge in [-0.1, -0.05) is 0 Å². The summed E-state index contributed by atoms with van der Waals surface area (Å²) >= 11 is 0. The van der Waals surface area contributed by atoms with Gasteiger partial charge in [0, 0.05) is 32.2 Å². The molecule has 1 amide bonds. The topological polar surface area (TPSA) is 93.1 Å². The summed E-state index contributed by atoms with van der Waals surface area (Å²) in [6.45, 7) is 2.90. The van der Waals surface area contributed by atoms with Crippen molar-refractivity contribution in [1.29, 1.82) is 5.26 Å². The van der Waals surface area contributed by atoms with Crippen LogP contribution in [0.4, 0.5) is 0 Å². The fraction of sp³-hybridized carbons (Fsp3) is 0.455. The van der Waals surface area contributed by atoms with Gasteiger partial charge in [-0.25, -0.2) is 5.10 Å². The fourth-order valence-electron chi connectivity index (χ4n) is 1.83. The van der Waals surface area contributed by atoms with Gasteiger partial charge in [-0.2, -0.15) is 10.4 Å². The molecule has 0 aliphatic carbocycles. The average molecular weight is 247 g/mol. The quantitative estimate of drug-likeness (QED) is 0.680. The van der Waals surface area contributed by atoms with Gasteiger partial charge >= 0.3 is 0 Å². The molecule has 1 fully saturated rings. The van der Waals surface area contributed by atoms with Crippen molar-refractivity contribution in [2.24, 2.45) is 0 Å². The summed E-state index contributed by atoms with van der Waals surface area (Å²) in [6, 6.07) is 4.79. The van der Waals surface area contributed by atoms with Gasteiger partial charge < -0.3 is 4.90 Å². The molecule has 7 nitrogen and oxygen atoms in total. The van der Waals surface area contributed by atoms with Gasteiger partial charge in [0.05, 0.1) is 12.6 Å². The molecule has 0 aromatic carbocycles. The maximum Gasteiger partial charge on any atom is 0.274 e. The lowest BCUT2D eigenvalue weighted by atomic mass is 10.2. The largest absolute Gasteiger partial charge is 0.335 e. The number of carbonyl (C=O) groups is 1. The first kappa shape index (κ1) is 12.3. The SMILES string of the molecule is N#CCN1CCN(C(=O)c2ccc(=O)[nH]n2)CC1. The second-order valence-electron chi connectivity index (χ2n) is 4.03. The highest BCUT2D eigenvalue weighted by Crippen LogP contribution is 2.05. The Morgan fingerprint density at radius 3 is 2.67 bits per heavy atom. The van der Waals surface area contributed by atoms with E-state index in [2.05, 4.69) is 16.3 Å². The Kier molecular flexibility index (Phi) is 3.69. The van der Waals surface area contributed by atoms with Crippen LogP contribution in [0.5, 0.6) is 0 Å². The van der Waals surface area contributed by atoms with Gasteiger partial charge in [0.25, 0.3) is 11.5 Å². The van der Waals surface area contributed by atoms with Crippen molar-refractivity contribution in [1.82, 2.24) is 20.0 Å². The van der Waals surface area contributed by atoms with Gasteiger partial charge in [0.1, 0.15) is 5.69 Å². The summed E-state index contributed by atoms with van der Waals surface area (Å²) in [6.07, 6.45) is 0. The molecule has 0 bridgehead atoms. The third-order valence-corrected chi connectivity index (χ3v) is 2.85. The average Bonchev–Trinajstić information content (AvgIpc) is 2.40. The van der Waals surface area contributed by atoms with E-state index in [1.807, 2.05) is 4.90 Å². The number of nitrogens with one attached hydrogen (secondary N) is 1. The standard InChI is InChI=1S/C11H13N5O2/c12-3-4-15-5-7-16(8-6-15)11(18)9-1-2-10(17)14-13-9/h1-2H,4-8H2,(H,14,17). The molecule has 0 radical (unpaired) electrons. The van der Waals surface area contributed by atoms with E-state index in [9.17, 15) is 9.59 Å². The van der Waals surface area contributed by atoms with E-state index in [1.165, 1.54) is 12.1 Å². The van der Waals surface area contributed by atoms with E-state index in [0.29, 0.717) is 32.7 Å². The highest BCUT2D eigenvalue weighted by atomic mass is 16.2. The number of H-pyrrole nitrogens is 1. The molecule has 94 valence electrons. The number of carbonyl (C=O) groups excluding carboxylic acids is 1. The van der Waals surface area contributed by atoms with Crippen molar-refractivity contribution >= 4 is 5.91 Å². The molecule has 1 aromatic heterocycles. The van der Waals surface area contributed by atoms with Crippen LogP contribution in [-0.4, -0.2) is 58.6 Å². The summed E-state index contributed by atoms with van der Waals surface area (Å²) in [5.41, 5.74) is -0.0891. The minimum atomic E-state index is -0.328. The Morgan fingerprint density at radius 1 is 1.39 bits per heavy atom. The molecule has 1 aromatic rings. The molecule has 0 atom stereocenters. The predicted octanol–water partition coefficient (Wildman–Crippen LogP) is -0.949. The first-order chi connectivity index (χ1) is 8.70. The van der Waals surface area contributed by atoms with Crippen LogP contribution in [-0.2, 0) is 0 Å². The molecule has 0 unspecified atom stereocenters. The van der Waals surface area contributed by atoms with Crippen LogP contribution < -0.4 is 5.56 Å². The summed E-state index contributed by atoms with van der Waals surface area (Å²) in [4.78, 5) is 26.6.